The van der Waals surface area contributed by atoms with Crippen molar-refractivity contribution in [3.63, 3.8) is 0 Å². The molecular weight excluding hydrogens is 328 g/mol. The monoisotopic (exact) mass is 352 g/mol. The van der Waals surface area contributed by atoms with Crippen molar-refractivity contribution in [1.29, 1.82) is 0 Å². The Morgan fingerprint density at radius 2 is 1.96 bits per heavy atom. The number of carbonyl (C=O) groups excluding carboxylic acids is 2. The number of anilines is 1. The van der Waals surface area contributed by atoms with E-state index in [4.69, 9.17) is 11.6 Å². The van der Waals surface area contributed by atoms with Gasteiger partial charge in [-0.25, -0.2) is 4.79 Å². The zero-order valence-electron chi connectivity index (χ0n) is 14.4. The Bertz CT molecular complexity index is 605. The predicted molar refractivity (Wildman–Crippen MR) is 96.7 cm³/mol. The van der Waals surface area contributed by atoms with Gasteiger partial charge in [-0.15, -0.1) is 0 Å². The van der Waals surface area contributed by atoms with Crippen molar-refractivity contribution < 1.29 is 9.59 Å². The number of urea groups is 1. The molecule has 6 nitrogen and oxygen atoms in total. The van der Waals surface area contributed by atoms with Crippen LogP contribution < -0.4 is 16.0 Å². The lowest BCUT2D eigenvalue weighted by molar-refractivity contribution is 0.0766. The summed E-state index contributed by atoms with van der Waals surface area (Å²) >= 11 is 6.20. The topological polar surface area (TPSA) is 73.5 Å². The summed E-state index contributed by atoms with van der Waals surface area (Å²) in [4.78, 5) is 26.5. The van der Waals surface area contributed by atoms with Crippen molar-refractivity contribution >= 4 is 29.2 Å². The Labute approximate surface area is 147 Å². The first kappa shape index (κ1) is 18.5. The highest BCUT2D eigenvalue weighted by atomic mass is 35.5. The summed E-state index contributed by atoms with van der Waals surface area (Å²) in [6.07, 6.45) is 0.912. The van der Waals surface area contributed by atoms with Crippen LogP contribution in [0.1, 0.15) is 37.6 Å². The molecule has 0 spiro atoms. The molecule has 0 unspecified atom stereocenters. The highest BCUT2D eigenvalue weighted by molar-refractivity contribution is 6.34. The number of nitrogens with zero attached hydrogens (tertiary/aromatic N) is 1. The van der Waals surface area contributed by atoms with E-state index in [0.717, 1.165) is 19.5 Å². The first-order valence-electron chi connectivity index (χ1n) is 8.15. The molecule has 1 heterocycles. The fraction of sp³-hybridized carbons (Fsp3) is 0.529. The lowest BCUT2D eigenvalue weighted by atomic mass is 10.1. The number of hydrogen-bond acceptors (Lipinski definition) is 3. The first-order valence-corrected chi connectivity index (χ1v) is 8.53. The van der Waals surface area contributed by atoms with Crippen LogP contribution in [0.3, 0.4) is 0 Å². The summed E-state index contributed by atoms with van der Waals surface area (Å²) in [7, 11) is 0. The van der Waals surface area contributed by atoms with E-state index in [9.17, 15) is 9.59 Å². The molecule has 0 atom stereocenters. The fourth-order valence-electron chi connectivity index (χ4n) is 2.49. The molecule has 1 saturated heterocycles. The van der Waals surface area contributed by atoms with Gasteiger partial charge in [-0.1, -0.05) is 11.6 Å². The van der Waals surface area contributed by atoms with Gasteiger partial charge >= 0.3 is 6.03 Å². The third-order valence-corrected chi connectivity index (χ3v) is 3.90. The maximum Gasteiger partial charge on any atom is 0.319 e. The standard InChI is InChI=1S/C17H25ClN4O2/c1-17(2,3)21-16(24)20-12-5-6-14(18)13(11-12)15(23)22-9-4-7-19-8-10-22/h5-6,11,19H,4,7-10H2,1-3H3,(H2,20,21,24). The average Bonchev–Trinajstić information content (AvgIpc) is 2.75. The van der Waals surface area contributed by atoms with Crippen LogP contribution in [0, 0.1) is 0 Å². The van der Waals surface area contributed by atoms with Gasteiger partial charge in [0.05, 0.1) is 10.6 Å². The van der Waals surface area contributed by atoms with E-state index in [1.54, 1.807) is 23.1 Å². The Kier molecular flexibility index (Phi) is 6.07. The van der Waals surface area contributed by atoms with E-state index in [-0.39, 0.29) is 17.5 Å². The maximum absolute atomic E-state index is 12.7. The van der Waals surface area contributed by atoms with Crippen molar-refractivity contribution in [2.75, 3.05) is 31.5 Å². The number of carbonyl (C=O) groups is 2. The summed E-state index contributed by atoms with van der Waals surface area (Å²) in [5.74, 6) is -0.108. The highest BCUT2D eigenvalue weighted by Gasteiger charge is 2.20. The molecule has 7 heteroatoms. The maximum atomic E-state index is 12.7. The zero-order chi connectivity index (χ0) is 17.7. The molecule has 1 fully saturated rings. The fourth-order valence-corrected chi connectivity index (χ4v) is 2.69. The largest absolute Gasteiger partial charge is 0.337 e. The molecule has 24 heavy (non-hydrogen) atoms. The van der Waals surface area contributed by atoms with Gasteiger partial charge in [-0.05, 0) is 51.9 Å². The van der Waals surface area contributed by atoms with Gasteiger partial charge in [0.2, 0.25) is 0 Å². The zero-order valence-corrected chi connectivity index (χ0v) is 15.2. The molecule has 3 N–H and O–H groups in total. The van der Waals surface area contributed by atoms with Gasteiger partial charge in [-0.3, -0.25) is 4.79 Å². The van der Waals surface area contributed by atoms with Crippen LogP contribution in [-0.4, -0.2) is 48.6 Å². The number of amides is 3. The Hall–Kier alpha value is -1.79. The van der Waals surface area contributed by atoms with E-state index >= 15 is 0 Å². The van der Waals surface area contributed by atoms with Gasteiger partial charge in [-0.2, -0.15) is 0 Å². The van der Waals surface area contributed by atoms with Crippen molar-refractivity contribution in [2.45, 2.75) is 32.7 Å². The molecule has 0 saturated carbocycles. The molecule has 1 aliphatic rings. The molecule has 132 valence electrons. The summed E-state index contributed by atoms with van der Waals surface area (Å²) < 4.78 is 0. The molecule has 1 aliphatic heterocycles. The number of benzene rings is 1. The van der Waals surface area contributed by atoms with Crippen molar-refractivity contribution in [1.82, 2.24) is 15.5 Å². The SMILES string of the molecule is CC(C)(C)NC(=O)Nc1ccc(Cl)c(C(=O)N2CCCNCC2)c1. The van der Waals surface area contributed by atoms with E-state index in [0.29, 0.717) is 29.4 Å². The van der Waals surface area contributed by atoms with E-state index in [2.05, 4.69) is 16.0 Å². The third kappa shape index (κ3) is 5.39. The van der Waals surface area contributed by atoms with Gasteiger partial charge in [0.1, 0.15) is 0 Å². The second-order valence-corrected chi connectivity index (χ2v) is 7.33. The smallest absolute Gasteiger partial charge is 0.319 e. The number of rotatable bonds is 2. The number of halogens is 1. The van der Waals surface area contributed by atoms with Gasteiger partial charge in [0.15, 0.2) is 0 Å². The molecule has 1 aromatic carbocycles. The Morgan fingerprint density at radius 1 is 1.21 bits per heavy atom. The molecule has 0 aromatic heterocycles. The van der Waals surface area contributed by atoms with Gasteiger partial charge < -0.3 is 20.9 Å². The highest BCUT2D eigenvalue weighted by Crippen LogP contribution is 2.22. The van der Waals surface area contributed by atoms with Crippen LogP contribution in [0.15, 0.2) is 18.2 Å². The molecule has 0 radical (unpaired) electrons. The molecule has 0 bridgehead atoms. The van der Waals surface area contributed by atoms with Crippen molar-refractivity contribution in [3.8, 4) is 0 Å². The number of hydrogen-bond donors (Lipinski definition) is 3. The van der Waals surface area contributed by atoms with Crippen LogP contribution in [0.5, 0.6) is 0 Å². The van der Waals surface area contributed by atoms with E-state index in [1.807, 2.05) is 20.8 Å². The van der Waals surface area contributed by atoms with Crippen LogP contribution in [0.25, 0.3) is 0 Å². The van der Waals surface area contributed by atoms with E-state index in [1.165, 1.54) is 0 Å². The van der Waals surface area contributed by atoms with E-state index < -0.39 is 0 Å². The van der Waals surface area contributed by atoms with Gasteiger partial charge in [0, 0.05) is 30.9 Å². The molecule has 0 aliphatic carbocycles. The summed E-state index contributed by atoms with van der Waals surface area (Å²) in [5, 5.41) is 9.21. The van der Waals surface area contributed by atoms with Gasteiger partial charge in [0.25, 0.3) is 5.91 Å². The summed E-state index contributed by atoms with van der Waals surface area (Å²) in [6, 6.07) is 4.64. The molecule has 3 amide bonds. The van der Waals surface area contributed by atoms with Crippen LogP contribution in [0.4, 0.5) is 10.5 Å². The third-order valence-electron chi connectivity index (χ3n) is 3.57. The quantitative estimate of drug-likeness (QED) is 0.766. The minimum Gasteiger partial charge on any atom is -0.337 e. The first-order chi connectivity index (χ1) is 11.3. The normalized spacial score (nSPS) is 15.6. The lowest BCUT2D eigenvalue weighted by Gasteiger charge is -2.22. The lowest BCUT2D eigenvalue weighted by Crippen LogP contribution is -2.43. The molecular formula is C17H25ClN4O2. The summed E-state index contributed by atoms with van der Waals surface area (Å²) in [6.45, 7) is 8.73. The second kappa shape index (κ2) is 7.85. The Morgan fingerprint density at radius 3 is 2.67 bits per heavy atom. The minimum absolute atomic E-state index is 0.108. The minimum atomic E-state index is -0.339. The Balaban J connectivity index is 2.12. The average molecular weight is 353 g/mol. The molecule has 2 rings (SSSR count). The van der Waals surface area contributed by atoms with Crippen LogP contribution in [0.2, 0.25) is 5.02 Å². The number of nitrogens with one attached hydrogen (secondary N) is 3. The molecule has 1 aromatic rings. The second-order valence-electron chi connectivity index (χ2n) is 6.92. The van der Waals surface area contributed by atoms with Crippen molar-refractivity contribution in [3.05, 3.63) is 28.8 Å². The van der Waals surface area contributed by atoms with Crippen LogP contribution in [-0.2, 0) is 0 Å². The summed E-state index contributed by atoms with van der Waals surface area (Å²) in [5.41, 5.74) is 0.610. The van der Waals surface area contributed by atoms with Crippen molar-refractivity contribution in [2.24, 2.45) is 0 Å². The van der Waals surface area contributed by atoms with Crippen LogP contribution >= 0.6 is 11.6 Å². The predicted octanol–water partition coefficient (Wildman–Crippen LogP) is 2.70.